The number of hydrogen-bond donors (Lipinski definition) is 1. The molecule has 2 aromatic rings. The largest absolute Gasteiger partial charge is 0.442 e. The predicted octanol–water partition coefficient (Wildman–Crippen LogP) is 1.51. The summed E-state index contributed by atoms with van der Waals surface area (Å²) in [5.74, 6) is -0.164. The molecule has 7 heteroatoms. The monoisotopic (exact) mass is 341 g/mol. The Morgan fingerprint density at radius 2 is 1.96 bits per heavy atom. The van der Waals surface area contributed by atoms with E-state index >= 15 is 0 Å². The second kappa shape index (κ2) is 6.80. The third-order valence-electron chi connectivity index (χ3n) is 4.07. The zero-order chi connectivity index (χ0) is 18.0. The van der Waals surface area contributed by atoms with E-state index in [1.807, 2.05) is 6.07 Å². The van der Waals surface area contributed by atoms with E-state index in [1.54, 1.807) is 43.6 Å². The molecule has 2 amide bonds. The predicted molar refractivity (Wildman–Crippen MR) is 93.4 cm³/mol. The number of hydrogen-bond acceptors (Lipinski definition) is 4. The first-order chi connectivity index (χ1) is 12.0. The Balaban J connectivity index is 1.76. The molecule has 7 nitrogen and oxygen atoms in total. The van der Waals surface area contributed by atoms with Gasteiger partial charge in [0.2, 0.25) is 5.91 Å². The quantitative estimate of drug-likeness (QED) is 0.914. The minimum absolute atomic E-state index is 0.0776. The highest BCUT2D eigenvalue weighted by atomic mass is 16.6. The maximum absolute atomic E-state index is 12.2. The summed E-state index contributed by atoms with van der Waals surface area (Å²) in [4.78, 5) is 36.7. The summed E-state index contributed by atoms with van der Waals surface area (Å²) in [5, 5.41) is 2.64. The van der Waals surface area contributed by atoms with Crippen LogP contribution < -0.4 is 15.8 Å². The van der Waals surface area contributed by atoms with Gasteiger partial charge in [-0.3, -0.25) is 14.5 Å². The molecule has 1 N–H and O–H groups in total. The van der Waals surface area contributed by atoms with Gasteiger partial charge in [-0.1, -0.05) is 12.1 Å². The zero-order valence-corrected chi connectivity index (χ0v) is 14.1. The first-order valence-electron chi connectivity index (χ1n) is 7.94. The number of aromatic nitrogens is 1. The second-order valence-electron chi connectivity index (χ2n) is 5.94. The minimum Gasteiger partial charge on any atom is -0.442 e. The topological polar surface area (TPSA) is 80.6 Å². The molecular weight excluding hydrogens is 322 g/mol. The Labute approximate surface area is 144 Å². The van der Waals surface area contributed by atoms with Gasteiger partial charge in [0.15, 0.2) is 0 Å². The van der Waals surface area contributed by atoms with Crippen LogP contribution in [0.2, 0.25) is 0 Å². The molecule has 1 saturated heterocycles. The van der Waals surface area contributed by atoms with Gasteiger partial charge in [-0.05, 0) is 29.8 Å². The molecule has 0 bridgehead atoms. The molecule has 1 aromatic carbocycles. The fourth-order valence-corrected chi connectivity index (χ4v) is 2.73. The molecule has 130 valence electrons. The maximum Gasteiger partial charge on any atom is 0.414 e. The number of pyridine rings is 1. The molecule has 2 heterocycles. The van der Waals surface area contributed by atoms with E-state index in [0.29, 0.717) is 17.8 Å². The van der Waals surface area contributed by atoms with Gasteiger partial charge >= 0.3 is 6.09 Å². The number of carbonyl (C=O) groups is 2. The van der Waals surface area contributed by atoms with Crippen LogP contribution in [0.25, 0.3) is 11.1 Å². The normalized spacial score (nSPS) is 16.6. The lowest BCUT2D eigenvalue weighted by Gasteiger charge is -2.13. The molecule has 1 aliphatic rings. The van der Waals surface area contributed by atoms with Gasteiger partial charge in [0, 0.05) is 31.4 Å². The van der Waals surface area contributed by atoms with Crippen molar-refractivity contribution in [2.75, 3.05) is 18.0 Å². The van der Waals surface area contributed by atoms with Crippen LogP contribution in [0.5, 0.6) is 0 Å². The Kier molecular flexibility index (Phi) is 4.56. The smallest absolute Gasteiger partial charge is 0.414 e. The van der Waals surface area contributed by atoms with Crippen molar-refractivity contribution >= 4 is 17.7 Å². The summed E-state index contributed by atoms with van der Waals surface area (Å²) in [6.07, 6.45) is 0.881. The van der Waals surface area contributed by atoms with Crippen molar-refractivity contribution in [3.63, 3.8) is 0 Å². The van der Waals surface area contributed by atoms with Crippen LogP contribution in [0.4, 0.5) is 10.5 Å². The van der Waals surface area contributed by atoms with Gasteiger partial charge in [0.25, 0.3) is 5.56 Å². The summed E-state index contributed by atoms with van der Waals surface area (Å²) in [6, 6.07) is 10.8. The molecule has 1 aliphatic heterocycles. The van der Waals surface area contributed by atoms with E-state index in [2.05, 4.69) is 5.32 Å². The van der Waals surface area contributed by atoms with Crippen LogP contribution in [0.1, 0.15) is 6.92 Å². The summed E-state index contributed by atoms with van der Waals surface area (Å²) >= 11 is 0. The van der Waals surface area contributed by atoms with Crippen LogP contribution in [0, 0.1) is 0 Å². The van der Waals surface area contributed by atoms with Crippen LogP contribution in [-0.2, 0) is 16.6 Å². The van der Waals surface area contributed by atoms with Crippen molar-refractivity contribution in [2.45, 2.75) is 13.0 Å². The molecular formula is C18H19N3O4. The Morgan fingerprint density at radius 1 is 1.24 bits per heavy atom. The van der Waals surface area contributed by atoms with E-state index in [9.17, 15) is 14.4 Å². The number of nitrogens with one attached hydrogen (secondary N) is 1. The Morgan fingerprint density at radius 3 is 2.64 bits per heavy atom. The Bertz CT molecular complexity index is 857. The molecule has 3 rings (SSSR count). The summed E-state index contributed by atoms with van der Waals surface area (Å²) < 4.78 is 6.77. The van der Waals surface area contributed by atoms with E-state index < -0.39 is 6.09 Å². The van der Waals surface area contributed by atoms with Crippen molar-refractivity contribution in [1.82, 2.24) is 9.88 Å². The molecule has 0 unspecified atom stereocenters. The number of benzene rings is 1. The molecule has 1 atom stereocenters. The lowest BCUT2D eigenvalue weighted by Crippen LogP contribution is -2.33. The van der Waals surface area contributed by atoms with Crippen molar-refractivity contribution in [3.05, 3.63) is 52.9 Å². The lowest BCUT2D eigenvalue weighted by molar-refractivity contribution is -0.119. The first kappa shape index (κ1) is 16.8. The van der Waals surface area contributed by atoms with Gasteiger partial charge in [-0.15, -0.1) is 0 Å². The van der Waals surface area contributed by atoms with Crippen LogP contribution in [0.3, 0.4) is 0 Å². The average Bonchev–Trinajstić information content (AvgIpc) is 2.97. The van der Waals surface area contributed by atoms with Crippen molar-refractivity contribution < 1.29 is 14.3 Å². The van der Waals surface area contributed by atoms with Crippen LogP contribution in [-0.4, -0.2) is 35.8 Å². The number of ether oxygens (including phenoxy) is 1. The number of aryl methyl sites for hydroxylation is 1. The van der Waals surface area contributed by atoms with Crippen molar-refractivity contribution in [2.24, 2.45) is 7.05 Å². The second-order valence-corrected chi connectivity index (χ2v) is 5.94. The van der Waals surface area contributed by atoms with Gasteiger partial charge < -0.3 is 14.6 Å². The van der Waals surface area contributed by atoms with Crippen LogP contribution in [0.15, 0.2) is 47.4 Å². The SMILES string of the molecule is CC(=O)NC[C@H]1CN(c2ccc(-c3cccn(C)c3=O)cc2)C(=O)O1. The number of amides is 2. The third-order valence-corrected chi connectivity index (χ3v) is 4.07. The maximum atomic E-state index is 12.2. The molecule has 25 heavy (non-hydrogen) atoms. The molecule has 1 aromatic heterocycles. The fourth-order valence-electron chi connectivity index (χ4n) is 2.73. The van der Waals surface area contributed by atoms with Gasteiger partial charge in [-0.25, -0.2) is 4.79 Å². The first-order valence-corrected chi connectivity index (χ1v) is 7.94. The Hall–Kier alpha value is -3.09. The lowest BCUT2D eigenvalue weighted by atomic mass is 10.1. The highest BCUT2D eigenvalue weighted by Crippen LogP contribution is 2.24. The number of anilines is 1. The van der Waals surface area contributed by atoms with E-state index in [1.165, 1.54) is 16.4 Å². The van der Waals surface area contributed by atoms with E-state index in [0.717, 1.165) is 5.56 Å². The number of cyclic esters (lactones) is 1. The average molecular weight is 341 g/mol. The molecule has 0 radical (unpaired) electrons. The van der Waals surface area contributed by atoms with Gasteiger partial charge in [0.05, 0.1) is 13.1 Å². The fraction of sp³-hybridized carbons (Fsp3) is 0.278. The van der Waals surface area contributed by atoms with Gasteiger partial charge in [-0.2, -0.15) is 0 Å². The van der Waals surface area contributed by atoms with E-state index in [4.69, 9.17) is 4.74 Å². The van der Waals surface area contributed by atoms with Crippen molar-refractivity contribution in [1.29, 1.82) is 0 Å². The van der Waals surface area contributed by atoms with Gasteiger partial charge in [0.1, 0.15) is 6.10 Å². The van der Waals surface area contributed by atoms with Crippen molar-refractivity contribution in [3.8, 4) is 11.1 Å². The minimum atomic E-state index is -0.446. The molecule has 0 aliphatic carbocycles. The number of carbonyl (C=O) groups excluding carboxylic acids is 2. The highest BCUT2D eigenvalue weighted by Gasteiger charge is 2.32. The molecule has 1 fully saturated rings. The molecule has 0 spiro atoms. The summed E-state index contributed by atoms with van der Waals surface area (Å²) in [6.45, 7) is 2.07. The standard InChI is InChI=1S/C18H19N3O4/c1-12(22)19-10-15-11-21(18(24)25-15)14-7-5-13(6-8-14)16-4-3-9-20(2)17(16)23/h3-9,15H,10-11H2,1-2H3,(H,19,22)/t15-/m0/s1. The summed E-state index contributed by atoms with van der Waals surface area (Å²) in [7, 11) is 1.70. The zero-order valence-electron chi connectivity index (χ0n) is 14.1. The number of nitrogens with zero attached hydrogens (tertiary/aromatic N) is 2. The highest BCUT2D eigenvalue weighted by molar-refractivity contribution is 5.90. The third kappa shape index (κ3) is 3.55. The van der Waals surface area contributed by atoms with Crippen LogP contribution >= 0.6 is 0 Å². The molecule has 0 saturated carbocycles. The number of rotatable bonds is 4. The van der Waals surface area contributed by atoms with E-state index in [-0.39, 0.29) is 24.1 Å². The summed E-state index contributed by atoms with van der Waals surface area (Å²) in [5.41, 5.74) is 1.99.